The Labute approximate surface area is 200 Å². The number of nitrogens with zero attached hydrogens (tertiary/aromatic N) is 3. The van der Waals surface area contributed by atoms with Gasteiger partial charge >= 0.3 is 0 Å². The zero-order valence-corrected chi connectivity index (χ0v) is 20.8. The lowest BCUT2D eigenvalue weighted by atomic mass is 10.0. The number of aryl methyl sites for hydroxylation is 2. The molecule has 33 heavy (non-hydrogen) atoms. The van der Waals surface area contributed by atoms with Gasteiger partial charge in [0.05, 0.1) is 5.75 Å². The SMILES string of the molecule is C=CCn1c(COc2cc(C)ccc2C(C)C)nnc1SCC(=O)Nc1cccc(C)c1C. The van der Waals surface area contributed by atoms with Crippen molar-refractivity contribution >= 4 is 23.4 Å². The number of rotatable bonds is 10. The average molecular weight is 465 g/mol. The number of amides is 1. The number of carbonyl (C=O) groups is 1. The molecule has 0 aliphatic heterocycles. The second kappa shape index (κ2) is 11.2. The first-order valence-corrected chi connectivity index (χ1v) is 12.0. The van der Waals surface area contributed by atoms with Crippen molar-refractivity contribution in [2.45, 2.75) is 58.8 Å². The van der Waals surface area contributed by atoms with Crippen LogP contribution in [-0.4, -0.2) is 26.4 Å². The molecule has 0 radical (unpaired) electrons. The Morgan fingerprint density at radius 3 is 2.73 bits per heavy atom. The maximum Gasteiger partial charge on any atom is 0.234 e. The molecule has 3 rings (SSSR count). The van der Waals surface area contributed by atoms with E-state index in [1.54, 1.807) is 6.08 Å². The van der Waals surface area contributed by atoms with E-state index in [1.807, 2.05) is 36.6 Å². The summed E-state index contributed by atoms with van der Waals surface area (Å²) in [5, 5.41) is 12.3. The van der Waals surface area contributed by atoms with Crippen LogP contribution in [0.4, 0.5) is 5.69 Å². The molecule has 1 heterocycles. The highest BCUT2D eigenvalue weighted by atomic mass is 32.2. The van der Waals surface area contributed by atoms with Crippen molar-refractivity contribution in [2.75, 3.05) is 11.1 Å². The van der Waals surface area contributed by atoms with Crippen molar-refractivity contribution in [1.29, 1.82) is 0 Å². The molecule has 1 N–H and O–H groups in total. The maximum atomic E-state index is 12.5. The molecule has 0 saturated heterocycles. The van der Waals surface area contributed by atoms with Crippen molar-refractivity contribution in [3.63, 3.8) is 0 Å². The molecule has 0 spiro atoms. The number of thioether (sulfide) groups is 1. The Hall–Kier alpha value is -3.06. The van der Waals surface area contributed by atoms with Gasteiger partial charge in [-0.05, 0) is 61.1 Å². The molecule has 0 saturated carbocycles. The number of nitrogens with one attached hydrogen (secondary N) is 1. The van der Waals surface area contributed by atoms with Crippen LogP contribution in [0.1, 0.15) is 47.8 Å². The normalized spacial score (nSPS) is 11.0. The zero-order valence-electron chi connectivity index (χ0n) is 20.0. The van der Waals surface area contributed by atoms with Crippen LogP contribution in [0.3, 0.4) is 0 Å². The van der Waals surface area contributed by atoms with Crippen molar-refractivity contribution < 1.29 is 9.53 Å². The summed E-state index contributed by atoms with van der Waals surface area (Å²) >= 11 is 1.35. The molecule has 0 aliphatic carbocycles. The fraction of sp³-hybridized carbons (Fsp3) is 0.346. The molecule has 2 aromatic carbocycles. The molecule has 0 unspecified atom stereocenters. The minimum Gasteiger partial charge on any atom is -0.485 e. The van der Waals surface area contributed by atoms with E-state index in [2.05, 4.69) is 61.1 Å². The third-order valence-corrected chi connectivity index (χ3v) is 6.43. The summed E-state index contributed by atoms with van der Waals surface area (Å²) in [5.41, 5.74) is 5.36. The zero-order chi connectivity index (χ0) is 24.0. The van der Waals surface area contributed by atoms with E-state index >= 15 is 0 Å². The fourth-order valence-electron chi connectivity index (χ4n) is 3.43. The summed E-state index contributed by atoms with van der Waals surface area (Å²) in [4.78, 5) is 12.5. The standard InChI is InChI=1S/C26H32N4O2S/c1-7-13-30-24(15-32-23-14-18(4)11-12-21(23)17(2)3)28-29-26(30)33-16-25(31)27-22-10-8-9-19(5)20(22)6/h7-12,14,17H,1,13,15-16H2,2-6H3,(H,27,31). The highest BCUT2D eigenvalue weighted by molar-refractivity contribution is 7.99. The van der Waals surface area contributed by atoms with E-state index in [4.69, 9.17) is 4.74 Å². The number of hydrogen-bond acceptors (Lipinski definition) is 5. The minimum atomic E-state index is -0.0824. The molecule has 1 amide bonds. The Bertz CT molecular complexity index is 1140. The van der Waals surface area contributed by atoms with Crippen LogP contribution in [0.2, 0.25) is 0 Å². The first-order chi connectivity index (χ1) is 15.8. The molecule has 0 bridgehead atoms. The van der Waals surface area contributed by atoms with Crippen molar-refractivity contribution in [1.82, 2.24) is 14.8 Å². The van der Waals surface area contributed by atoms with Crippen LogP contribution < -0.4 is 10.1 Å². The van der Waals surface area contributed by atoms with Gasteiger partial charge in [-0.15, -0.1) is 16.8 Å². The molecule has 1 aromatic heterocycles. The monoisotopic (exact) mass is 464 g/mol. The minimum absolute atomic E-state index is 0.0824. The van der Waals surface area contributed by atoms with Crippen LogP contribution in [0.5, 0.6) is 5.75 Å². The lowest BCUT2D eigenvalue weighted by Crippen LogP contribution is -2.16. The Morgan fingerprint density at radius 2 is 2.00 bits per heavy atom. The van der Waals surface area contributed by atoms with Crippen molar-refractivity contribution in [2.24, 2.45) is 0 Å². The van der Waals surface area contributed by atoms with E-state index in [9.17, 15) is 4.79 Å². The number of benzene rings is 2. The Balaban J connectivity index is 1.68. The largest absolute Gasteiger partial charge is 0.485 e. The number of anilines is 1. The quantitative estimate of drug-likeness (QED) is 0.302. The highest BCUT2D eigenvalue weighted by Crippen LogP contribution is 2.28. The molecule has 7 heteroatoms. The third kappa shape index (κ3) is 6.26. The van der Waals surface area contributed by atoms with E-state index in [0.29, 0.717) is 30.1 Å². The lowest BCUT2D eigenvalue weighted by molar-refractivity contribution is -0.113. The summed E-state index contributed by atoms with van der Waals surface area (Å²) in [6.07, 6.45) is 1.79. The molecule has 0 aliphatic rings. The van der Waals surface area contributed by atoms with Gasteiger partial charge in [0.2, 0.25) is 5.91 Å². The van der Waals surface area contributed by atoms with Crippen LogP contribution in [-0.2, 0) is 17.9 Å². The summed E-state index contributed by atoms with van der Waals surface area (Å²) in [6, 6.07) is 12.1. The Kier molecular flexibility index (Phi) is 8.33. The van der Waals surface area contributed by atoms with Crippen molar-refractivity contribution in [3.05, 3.63) is 77.1 Å². The van der Waals surface area contributed by atoms with Gasteiger partial charge < -0.3 is 10.1 Å². The highest BCUT2D eigenvalue weighted by Gasteiger charge is 2.16. The van der Waals surface area contributed by atoms with E-state index in [1.165, 1.54) is 11.8 Å². The predicted octanol–water partition coefficient (Wildman–Crippen LogP) is 5.82. The van der Waals surface area contributed by atoms with Gasteiger partial charge in [-0.25, -0.2) is 0 Å². The third-order valence-electron chi connectivity index (χ3n) is 5.46. The molecular weight excluding hydrogens is 432 g/mol. The molecule has 0 atom stereocenters. The maximum absolute atomic E-state index is 12.5. The Morgan fingerprint density at radius 1 is 1.21 bits per heavy atom. The van der Waals surface area contributed by atoms with Crippen LogP contribution in [0.25, 0.3) is 0 Å². The van der Waals surface area contributed by atoms with E-state index in [0.717, 1.165) is 33.7 Å². The van der Waals surface area contributed by atoms with Crippen LogP contribution in [0, 0.1) is 20.8 Å². The second-order valence-corrected chi connectivity index (χ2v) is 9.31. The molecule has 0 fully saturated rings. The number of ether oxygens (including phenoxy) is 1. The molecule has 3 aromatic rings. The van der Waals surface area contributed by atoms with Crippen LogP contribution in [0.15, 0.2) is 54.2 Å². The number of hydrogen-bond donors (Lipinski definition) is 1. The first kappa shape index (κ1) is 24.6. The summed E-state index contributed by atoms with van der Waals surface area (Å²) in [6.45, 7) is 15.1. The van der Waals surface area contributed by atoms with Crippen molar-refractivity contribution in [3.8, 4) is 5.75 Å². The summed E-state index contributed by atoms with van der Waals surface area (Å²) < 4.78 is 8.09. The molecule has 6 nitrogen and oxygen atoms in total. The van der Waals surface area contributed by atoms with Gasteiger partial charge in [-0.1, -0.05) is 56.0 Å². The van der Waals surface area contributed by atoms with E-state index < -0.39 is 0 Å². The van der Waals surface area contributed by atoms with Gasteiger partial charge in [0, 0.05) is 12.2 Å². The van der Waals surface area contributed by atoms with Crippen LogP contribution >= 0.6 is 11.8 Å². The van der Waals surface area contributed by atoms with Gasteiger partial charge in [0.1, 0.15) is 12.4 Å². The fourth-order valence-corrected chi connectivity index (χ4v) is 4.20. The number of carbonyl (C=O) groups excluding carboxylic acids is 1. The topological polar surface area (TPSA) is 69.0 Å². The second-order valence-electron chi connectivity index (χ2n) is 8.37. The summed E-state index contributed by atoms with van der Waals surface area (Å²) in [7, 11) is 0. The predicted molar refractivity (Wildman–Crippen MR) is 135 cm³/mol. The smallest absolute Gasteiger partial charge is 0.234 e. The van der Waals surface area contributed by atoms with Gasteiger partial charge in [0.15, 0.2) is 11.0 Å². The number of allylic oxidation sites excluding steroid dienone is 1. The lowest BCUT2D eigenvalue weighted by Gasteiger charge is -2.15. The van der Waals surface area contributed by atoms with Gasteiger partial charge in [-0.2, -0.15) is 0 Å². The first-order valence-electron chi connectivity index (χ1n) is 11.0. The average Bonchev–Trinajstić information content (AvgIpc) is 3.15. The van der Waals surface area contributed by atoms with Gasteiger partial charge in [0.25, 0.3) is 0 Å². The van der Waals surface area contributed by atoms with Gasteiger partial charge in [-0.3, -0.25) is 9.36 Å². The molecular formula is C26H32N4O2S. The molecule has 174 valence electrons. The number of aromatic nitrogens is 3. The summed E-state index contributed by atoms with van der Waals surface area (Å²) in [5.74, 6) is 2.07. The van der Waals surface area contributed by atoms with E-state index in [-0.39, 0.29) is 11.7 Å².